The molecule has 1 aromatic carbocycles. The Hall–Kier alpha value is -1.15. The summed E-state index contributed by atoms with van der Waals surface area (Å²) in [5.74, 6) is -0.365. The average Bonchev–Trinajstić information content (AvgIpc) is 2.09. The predicted octanol–water partition coefficient (Wildman–Crippen LogP) is 0.961. The van der Waals surface area contributed by atoms with Crippen LogP contribution in [0.15, 0.2) is 30.3 Å². The third kappa shape index (κ3) is 1.88. The highest BCUT2D eigenvalue weighted by molar-refractivity contribution is 5.62. The van der Waals surface area contributed by atoms with Crippen molar-refractivity contribution in [1.29, 1.82) is 0 Å². The van der Waals surface area contributed by atoms with E-state index in [1.54, 1.807) is 0 Å². The maximum atomic E-state index is 10.4. The SMILES string of the molecule is O=CC(CO)c1ccccc1. The Labute approximate surface area is 65.5 Å². The number of carbonyl (C=O) groups excluding carboxylic acids is 1. The van der Waals surface area contributed by atoms with Gasteiger partial charge in [-0.3, -0.25) is 0 Å². The van der Waals surface area contributed by atoms with Gasteiger partial charge in [-0.1, -0.05) is 30.3 Å². The van der Waals surface area contributed by atoms with Crippen molar-refractivity contribution in [2.24, 2.45) is 0 Å². The molecule has 0 spiro atoms. The zero-order valence-electron chi connectivity index (χ0n) is 6.10. The minimum Gasteiger partial charge on any atom is -0.395 e. The number of aliphatic hydroxyl groups is 1. The highest BCUT2D eigenvalue weighted by Crippen LogP contribution is 2.10. The van der Waals surface area contributed by atoms with E-state index in [-0.39, 0.29) is 12.5 Å². The Balaban J connectivity index is 2.82. The molecule has 0 saturated carbocycles. The molecule has 1 aromatic rings. The molecule has 0 aromatic heterocycles. The molecule has 0 aliphatic rings. The molecule has 0 saturated heterocycles. The van der Waals surface area contributed by atoms with Crippen LogP contribution in [0.5, 0.6) is 0 Å². The van der Waals surface area contributed by atoms with Crippen molar-refractivity contribution in [2.45, 2.75) is 5.92 Å². The van der Waals surface area contributed by atoms with E-state index in [0.29, 0.717) is 0 Å². The minimum atomic E-state index is -0.365. The van der Waals surface area contributed by atoms with Crippen LogP contribution in [-0.2, 0) is 4.79 Å². The molecule has 0 amide bonds. The first kappa shape index (κ1) is 7.95. The summed E-state index contributed by atoms with van der Waals surface area (Å²) in [7, 11) is 0. The minimum absolute atomic E-state index is 0.118. The third-order valence-corrected chi connectivity index (χ3v) is 1.59. The first-order chi connectivity index (χ1) is 5.38. The maximum Gasteiger partial charge on any atom is 0.129 e. The quantitative estimate of drug-likeness (QED) is 0.651. The molecule has 58 valence electrons. The van der Waals surface area contributed by atoms with Crippen LogP contribution in [0.2, 0.25) is 0 Å². The molecule has 11 heavy (non-hydrogen) atoms. The van der Waals surface area contributed by atoms with Gasteiger partial charge >= 0.3 is 0 Å². The van der Waals surface area contributed by atoms with Gasteiger partial charge in [0.25, 0.3) is 0 Å². The molecule has 0 aliphatic heterocycles. The fourth-order valence-electron chi connectivity index (χ4n) is 0.927. The van der Waals surface area contributed by atoms with E-state index in [9.17, 15) is 4.79 Å². The fraction of sp³-hybridized carbons (Fsp3) is 0.222. The highest BCUT2D eigenvalue weighted by atomic mass is 16.3. The fourth-order valence-corrected chi connectivity index (χ4v) is 0.927. The van der Waals surface area contributed by atoms with Gasteiger partial charge in [0.1, 0.15) is 6.29 Å². The van der Waals surface area contributed by atoms with Gasteiger partial charge in [0.2, 0.25) is 0 Å². The lowest BCUT2D eigenvalue weighted by Gasteiger charge is -2.04. The second-order valence-electron chi connectivity index (χ2n) is 2.34. The van der Waals surface area contributed by atoms with Crippen molar-refractivity contribution >= 4 is 6.29 Å². The molecule has 1 rings (SSSR count). The summed E-state index contributed by atoms with van der Waals surface area (Å²) in [5, 5.41) is 8.75. The van der Waals surface area contributed by atoms with E-state index in [4.69, 9.17) is 5.11 Å². The summed E-state index contributed by atoms with van der Waals surface area (Å²) in [5.41, 5.74) is 0.866. The lowest BCUT2D eigenvalue weighted by Crippen LogP contribution is -2.04. The van der Waals surface area contributed by atoms with E-state index in [2.05, 4.69) is 0 Å². The molecule has 2 nitrogen and oxygen atoms in total. The van der Waals surface area contributed by atoms with Crippen LogP contribution < -0.4 is 0 Å². The maximum absolute atomic E-state index is 10.4. The molecule has 0 aliphatic carbocycles. The van der Waals surface area contributed by atoms with Gasteiger partial charge in [0.15, 0.2) is 0 Å². The van der Waals surface area contributed by atoms with E-state index >= 15 is 0 Å². The molecule has 0 radical (unpaired) electrons. The molecule has 0 bridgehead atoms. The number of hydrogen-bond donors (Lipinski definition) is 1. The number of hydrogen-bond acceptors (Lipinski definition) is 2. The first-order valence-electron chi connectivity index (χ1n) is 3.49. The van der Waals surface area contributed by atoms with Crippen molar-refractivity contribution in [3.05, 3.63) is 35.9 Å². The Morgan fingerprint density at radius 1 is 1.36 bits per heavy atom. The number of aldehydes is 1. The van der Waals surface area contributed by atoms with Gasteiger partial charge in [-0.15, -0.1) is 0 Å². The topological polar surface area (TPSA) is 37.3 Å². The van der Waals surface area contributed by atoms with Crippen molar-refractivity contribution in [1.82, 2.24) is 0 Å². The number of carbonyl (C=O) groups is 1. The summed E-state index contributed by atoms with van der Waals surface area (Å²) >= 11 is 0. The largest absolute Gasteiger partial charge is 0.395 e. The Bertz CT molecular complexity index is 218. The van der Waals surface area contributed by atoms with Crippen LogP contribution in [0.4, 0.5) is 0 Å². The molecule has 1 atom stereocenters. The van der Waals surface area contributed by atoms with Crippen molar-refractivity contribution < 1.29 is 9.90 Å². The summed E-state index contributed by atoms with van der Waals surface area (Å²) in [6.07, 6.45) is 0.759. The molecule has 1 N–H and O–H groups in total. The standard InChI is InChI=1S/C9H10O2/c10-6-9(7-11)8-4-2-1-3-5-8/h1-6,9,11H,7H2. The number of aliphatic hydroxyl groups excluding tert-OH is 1. The Morgan fingerprint density at radius 2 is 2.00 bits per heavy atom. The zero-order valence-corrected chi connectivity index (χ0v) is 6.10. The van der Waals surface area contributed by atoms with Crippen LogP contribution in [0.3, 0.4) is 0 Å². The summed E-state index contributed by atoms with van der Waals surface area (Å²) in [6, 6.07) is 9.23. The van der Waals surface area contributed by atoms with Crippen LogP contribution >= 0.6 is 0 Å². The van der Waals surface area contributed by atoms with Gasteiger partial charge in [0.05, 0.1) is 12.5 Å². The second-order valence-corrected chi connectivity index (χ2v) is 2.34. The Morgan fingerprint density at radius 3 is 2.45 bits per heavy atom. The van der Waals surface area contributed by atoms with Crippen LogP contribution in [0.25, 0.3) is 0 Å². The van der Waals surface area contributed by atoms with Crippen LogP contribution in [0.1, 0.15) is 11.5 Å². The van der Waals surface area contributed by atoms with Gasteiger partial charge in [0, 0.05) is 0 Å². The molecule has 0 heterocycles. The molecule has 1 unspecified atom stereocenters. The van der Waals surface area contributed by atoms with E-state index in [1.807, 2.05) is 30.3 Å². The summed E-state index contributed by atoms with van der Waals surface area (Å²) in [6.45, 7) is -0.118. The van der Waals surface area contributed by atoms with E-state index < -0.39 is 0 Å². The normalized spacial score (nSPS) is 12.5. The molecule has 0 fully saturated rings. The van der Waals surface area contributed by atoms with Gasteiger partial charge in [-0.05, 0) is 5.56 Å². The van der Waals surface area contributed by atoms with Gasteiger partial charge in [-0.2, -0.15) is 0 Å². The van der Waals surface area contributed by atoms with Gasteiger partial charge in [-0.25, -0.2) is 0 Å². The summed E-state index contributed by atoms with van der Waals surface area (Å²) in [4.78, 5) is 10.4. The molecule has 2 heteroatoms. The molecular formula is C9H10O2. The van der Waals surface area contributed by atoms with Crippen molar-refractivity contribution in [3.63, 3.8) is 0 Å². The van der Waals surface area contributed by atoms with E-state index in [1.165, 1.54) is 0 Å². The third-order valence-electron chi connectivity index (χ3n) is 1.59. The van der Waals surface area contributed by atoms with Crippen LogP contribution in [0, 0.1) is 0 Å². The molecular weight excluding hydrogens is 140 g/mol. The van der Waals surface area contributed by atoms with Gasteiger partial charge < -0.3 is 9.90 Å². The monoisotopic (exact) mass is 150 g/mol. The number of rotatable bonds is 3. The van der Waals surface area contributed by atoms with Crippen molar-refractivity contribution in [3.8, 4) is 0 Å². The Kier molecular flexibility index (Phi) is 2.81. The predicted molar refractivity (Wildman–Crippen MR) is 42.3 cm³/mol. The first-order valence-corrected chi connectivity index (χ1v) is 3.49. The number of benzene rings is 1. The lowest BCUT2D eigenvalue weighted by molar-refractivity contribution is -0.109. The second kappa shape index (κ2) is 3.88. The van der Waals surface area contributed by atoms with E-state index in [0.717, 1.165) is 11.8 Å². The van der Waals surface area contributed by atoms with Crippen LogP contribution in [-0.4, -0.2) is 18.0 Å². The average molecular weight is 150 g/mol. The zero-order chi connectivity index (χ0) is 8.10. The lowest BCUT2D eigenvalue weighted by atomic mass is 10.0. The smallest absolute Gasteiger partial charge is 0.129 e. The highest BCUT2D eigenvalue weighted by Gasteiger charge is 2.06. The van der Waals surface area contributed by atoms with Crippen molar-refractivity contribution in [2.75, 3.05) is 6.61 Å². The summed E-state index contributed by atoms with van der Waals surface area (Å²) < 4.78 is 0.